The van der Waals surface area contributed by atoms with Gasteiger partial charge < -0.3 is 10.0 Å². The summed E-state index contributed by atoms with van der Waals surface area (Å²) in [5.41, 5.74) is 1.04. The van der Waals surface area contributed by atoms with Crippen LogP contribution in [0.3, 0.4) is 0 Å². The van der Waals surface area contributed by atoms with Gasteiger partial charge in [-0.25, -0.2) is 0 Å². The highest BCUT2D eigenvalue weighted by molar-refractivity contribution is 6.58. The Kier molecular flexibility index (Phi) is 5.39. The second kappa shape index (κ2) is 6.57. The molecule has 2 N–H and O–H groups in total. The summed E-state index contributed by atoms with van der Waals surface area (Å²) >= 11 is 0. The number of Topliss-reactive ketones (excluding diaryl/α,β-unsaturated/α-hetero) is 1. The van der Waals surface area contributed by atoms with Crippen LogP contribution in [0.25, 0.3) is 0 Å². The van der Waals surface area contributed by atoms with Crippen LogP contribution in [-0.2, 0) is 0 Å². The van der Waals surface area contributed by atoms with E-state index in [2.05, 4.69) is 13.8 Å². The average Bonchev–Trinajstić information content (AvgIpc) is 2.28. The molecule has 17 heavy (non-hydrogen) atoms. The summed E-state index contributed by atoms with van der Waals surface area (Å²) in [5.74, 6) is 0.736. The van der Waals surface area contributed by atoms with Gasteiger partial charge in [-0.3, -0.25) is 4.79 Å². The van der Waals surface area contributed by atoms with Crippen molar-refractivity contribution in [1.82, 2.24) is 0 Å². The number of carbonyl (C=O) groups is 1. The first-order valence-corrected chi connectivity index (χ1v) is 6.00. The third kappa shape index (κ3) is 4.71. The van der Waals surface area contributed by atoms with Crippen molar-refractivity contribution in [3.05, 3.63) is 29.8 Å². The van der Waals surface area contributed by atoms with Crippen LogP contribution in [0.5, 0.6) is 0 Å². The van der Waals surface area contributed by atoms with Crippen LogP contribution in [0, 0.1) is 5.92 Å². The maximum atomic E-state index is 11.8. The third-order valence-corrected chi connectivity index (χ3v) is 2.72. The summed E-state index contributed by atoms with van der Waals surface area (Å²) in [6.07, 6.45) is 2.51. The van der Waals surface area contributed by atoms with Crippen molar-refractivity contribution in [3.8, 4) is 0 Å². The van der Waals surface area contributed by atoms with Crippen LogP contribution in [0.2, 0.25) is 0 Å². The fraction of sp³-hybridized carbons (Fsp3) is 0.462. The molecule has 0 spiro atoms. The van der Waals surface area contributed by atoms with E-state index in [0.717, 1.165) is 12.8 Å². The van der Waals surface area contributed by atoms with E-state index in [1.54, 1.807) is 24.3 Å². The molecule has 0 radical (unpaired) electrons. The smallest absolute Gasteiger partial charge is 0.423 e. The molecule has 3 nitrogen and oxygen atoms in total. The molecule has 0 amide bonds. The van der Waals surface area contributed by atoms with Gasteiger partial charge in [-0.15, -0.1) is 0 Å². The van der Waals surface area contributed by atoms with Crippen molar-refractivity contribution >= 4 is 18.4 Å². The van der Waals surface area contributed by atoms with E-state index in [0.29, 0.717) is 23.4 Å². The highest BCUT2D eigenvalue weighted by Gasteiger charge is 2.11. The van der Waals surface area contributed by atoms with Crippen molar-refractivity contribution in [2.24, 2.45) is 5.92 Å². The molecule has 0 saturated heterocycles. The molecular formula is C13H19BO3. The maximum Gasteiger partial charge on any atom is 0.488 e. The Morgan fingerprint density at radius 2 is 1.82 bits per heavy atom. The Morgan fingerprint density at radius 3 is 2.29 bits per heavy atom. The molecule has 4 heteroatoms. The largest absolute Gasteiger partial charge is 0.488 e. The van der Waals surface area contributed by atoms with Crippen molar-refractivity contribution in [2.45, 2.75) is 33.1 Å². The Labute approximate surface area is 103 Å². The molecule has 0 heterocycles. The average molecular weight is 234 g/mol. The van der Waals surface area contributed by atoms with Crippen molar-refractivity contribution in [1.29, 1.82) is 0 Å². The van der Waals surface area contributed by atoms with Gasteiger partial charge in [0.1, 0.15) is 0 Å². The van der Waals surface area contributed by atoms with Crippen LogP contribution in [0.1, 0.15) is 43.5 Å². The lowest BCUT2D eigenvalue weighted by molar-refractivity contribution is 0.0978. The molecule has 0 bridgehead atoms. The van der Waals surface area contributed by atoms with E-state index in [1.165, 1.54) is 0 Å². The summed E-state index contributed by atoms with van der Waals surface area (Å²) in [4.78, 5) is 11.8. The number of benzene rings is 1. The molecule has 1 aromatic carbocycles. The molecule has 92 valence electrons. The van der Waals surface area contributed by atoms with Crippen LogP contribution in [0.15, 0.2) is 24.3 Å². The topological polar surface area (TPSA) is 57.5 Å². The number of carbonyl (C=O) groups excluding carboxylic acids is 1. The highest BCUT2D eigenvalue weighted by Crippen LogP contribution is 2.10. The van der Waals surface area contributed by atoms with Gasteiger partial charge in [0, 0.05) is 12.0 Å². The molecule has 0 unspecified atom stereocenters. The molecule has 1 rings (SSSR count). The fourth-order valence-electron chi connectivity index (χ4n) is 1.66. The highest BCUT2D eigenvalue weighted by atomic mass is 16.4. The second-order valence-corrected chi connectivity index (χ2v) is 4.70. The number of rotatable bonds is 6. The van der Waals surface area contributed by atoms with E-state index in [-0.39, 0.29) is 5.78 Å². The summed E-state index contributed by atoms with van der Waals surface area (Å²) in [6.45, 7) is 4.28. The number of ketones is 1. The number of hydrogen-bond acceptors (Lipinski definition) is 3. The van der Waals surface area contributed by atoms with E-state index in [9.17, 15) is 4.79 Å². The molecule has 0 aliphatic heterocycles. The summed E-state index contributed by atoms with van der Waals surface area (Å²) in [7, 11) is -1.47. The minimum Gasteiger partial charge on any atom is -0.423 e. The van der Waals surface area contributed by atoms with Gasteiger partial charge in [0.05, 0.1) is 0 Å². The van der Waals surface area contributed by atoms with Crippen molar-refractivity contribution < 1.29 is 14.8 Å². The predicted molar refractivity (Wildman–Crippen MR) is 69.3 cm³/mol. The van der Waals surface area contributed by atoms with Gasteiger partial charge in [0.15, 0.2) is 5.78 Å². The quantitative estimate of drug-likeness (QED) is 0.577. The van der Waals surface area contributed by atoms with Gasteiger partial charge >= 0.3 is 7.12 Å². The molecule has 0 aliphatic carbocycles. The zero-order chi connectivity index (χ0) is 12.8. The molecule has 0 aliphatic rings. The fourth-order valence-corrected chi connectivity index (χ4v) is 1.66. The SMILES string of the molecule is CC(C)CCCC(=O)c1ccc(B(O)O)cc1. The van der Waals surface area contributed by atoms with E-state index in [4.69, 9.17) is 10.0 Å². The Bertz CT molecular complexity index is 357. The standard InChI is InChI=1S/C13H19BO3/c1-10(2)4-3-5-13(15)11-6-8-12(9-7-11)14(16)17/h6-10,16-17H,3-5H2,1-2H3. The first-order chi connectivity index (χ1) is 8.00. The lowest BCUT2D eigenvalue weighted by atomic mass is 9.80. The molecule has 0 atom stereocenters. The number of hydrogen-bond donors (Lipinski definition) is 2. The lowest BCUT2D eigenvalue weighted by Gasteiger charge is -2.05. The van der Waals surface area contributed by atoms with Gasteiger partial charge in [-0.2, -0.15) is 0 Å². The molecular weight excluding hydrogens is 215 g/mol. The Morgan fingerprint density at radius 1 is 1.24 bits per heavy atom. The Hall–Kier alpha value is -1.13. The monoisotopic (exact) mass is 234 g/mol. The molecule has 0 fully saturated rings. The van der Waals surface area contributed by atoms with Crippen molar-refractivity contribution in [3.63, 3.8) is 0 Å². The van der Waals surface area contributed by atoms with E-state index in [1.807, 2.05) is 0 Å². The van der Waals surface area contributed by atoms with Crippen LogP contribution in [-0.4, -0.2) is 22.9 Å². The molecule has 0 saturated carbocycles. The lowest BCUT2D eigenvalue weighted by Crippen LogP contribution is -2.29. The minimum atomic E-state index is -1.47. The van der Waals surface area contributed by atoms with Gasteiger partial charge in [-0.1, -0.05) is 44.5 Å². The van der Waals surface area contributed by atoms with Gasteiger partial charge in [0.25, 0.3) is 0 Å². The van der Waals surface area contributed by atoms with Crippen LogP contribution >= 0.6 is 0 Å². The van der Waals surface area contributed by atoms with Crippen LogP contribution in [0.4, 0.5) is 0 Å². The normalized spacial score (nSPS) is 10.6. The predicted octanol–water partition coefficient (Wildman–Crippen LogP) is 1.38. The second-order valence-electron chi connectivity index (χ2n) is 4.70. The minimum absolute atomic E-state index is 0.115. The first kappa shape index (κ1) is 13.9. The van der Waals surface area contributed by atoms with E-state index >= 15 is 0 Å². The molecule has 0 aromatic heterocycles. The van der Waals surface area contributed by atoms with E-state index < -0.39 is 7.12 Å². The zero-order valence-corrected chi connectivity index (χ0v) is 10.4. The maximum absolute atomic E-state index is 11.8. The summed E-state index contributed by atoms with van der Waals surface area (Å²) < 4.78 is 0. The van der Waals surface area contributed by atoms with Crippen molar-refractivity contribution in [2.75, 3.05) is 0 Å². The Balaban J connectivity index is 2.52. The third-order valence-electron chi connectivity index (χ3n) is 2.72. The summed E-state index contributed by atoms with van der Waals surface area (Å²) in [6, 6.07) is 6.43. The van der Waals surface area contributed by atoms with Gasteiger partial charge in [-0.05, 0) is 17.8 Å². The molecule has 1 aromatic rings. The summed E-state index contributed by atoms with van der Waals surface area (Å²) in [5, 5.41) is 17.9. The first-order valence-electron chi connectivity index (χ1n) is 6.00. The van der Waals surface area contributed by atoms with Crippen LogP contribution < -0.4 is 5.46 Å². The zero-order valence-electron chi connectivity index (χ0n) is 10.4. The van der Waals surface area contributed by atoms with Gasteiger partial charge in [0.2, 0.25) is 0 Å².